The van der Waals surface area contributed by atoms with E-state index in [0.717, 1.165) is 11.1 Å². The first-order chi connectivity index (χ1) is 13.5. The molecule has 2 amide bonds. The first-order valence-corrected chi connectivity index (χ1v) is 8.69. The van der Waals surface area contributed by atoms with Crippen LogP contribution in [0, 0.1) is 0 Å². The van der Waals surface area contributed by atoms with Gasteiger partial charge in [0.25, 0.3) is 0 Å². The number of carboxylic acids is 1. The standard InChI is InChI=1S/C20H22N2O6/c23-18(24)17(22-20(26)28-14-16-9-5-2-6-10-16)11-12-21-19(25)27-13-15-7-3-1-4-8-15/h1-10,17H,11-14H2,(H,21,25)(H,22,26)(H,23,24)/t17-/m0/s1. The first-order valence-electron chi connectivity index (χ1n) is 8.69. The second-order valence-electron chi connectivity index (χ2n) is 5.87. The summed E-state index contributed by atoms with van der Waals surface area (Å²) in [5.41, 5.74) is 1.62. The zero-order valence-electron chi connectivity index (χ0n) is 15.2. The third-order valence-corrected chi connectivity index (χ3v) is 3.72. The molecule has 28 heavy (non-hydrogen) atoms. The number of alkyl carbamates (subject to hydrolysis) is 2. The summed E-state index contributed by atoms with van der Waals surface area (Å²) in [5, 5.41) is 13.9. The van der Waals surface area contributed by atoms with E-state index in [2.05, 4.69) is 10.6 Å². The van der Waals surface area contributed by atoms with Crippen LogP contribution in [0.3, 0.4) is 0 Å². The Labute approximate surface area is 162 Å². The van der Waals surface area contributed by atoms with Crippen molar-refractivity contribution >= 4 is 18.2 Å². The van der Waals surface area contributed by atoms with Gasteiger partial charge in [-0.3, -0.25) is 0 Å². The Morgan fingerprint density at radius 3 is 1.82 bits per heavy atom. The maximum atomic E-state index is 11.8. The van der Waals surface area contributed by atoms with Crippen molar-refractivity contribution in [1.29, 1.82) is 0 Å². The Morgan fingerprint density at radius 2 is 1.32 bits per heavy atom. The van der Waals surface area contributed by atoms with Crippen LogP contribution >= 0.6 is 0 Å². The highest BCUT2D eigenvalue weighted by Crippen LogP contribution is 2.02. The van der Waals surface area contributed by atoms with E-state index in [1.54, 1.807) is 24.3 Å². The lowest BCUT2D eigenvalue weighted by Gasteiger charge is -2.15. The second-order valence-corrected chi connectivity index (χ2v) is 5.87. The first kappa shape index (κ1) is 20.8. The van der Waals surface area contributed by atoms with Crippen LogP contribution in [0.5, 0.6) is 0 Å². The molecule has 0 spiro atoms. The average molecular weight is 386 g/mol. The molecule has 8 heteroatoms. The molecular weight excluding hydrogens is 364 g/mol. The Kier molecular flexibility index (Phi) is 8.32. The van der Waals surface area contributed by atoms with Crippen LogP contribution in [0.2, 0.25) is 0 Å². The van der Waals surface area contributed by atoms with Crippen molar-refractivity contribution in [2.75, 3.05) is 6.54 Å². The van der Waals surface area contributed by atoms with Crippen LogP contribution in [-0.4, -0.2) is 35.8 Å². The topological polar surface area (TPSA) is 114 Å². The van der Waals surface area contributed by atoms with E-state index in [1.807, 2.05) is 36.4 Å². The minimum atomic E-state index is -1.23. The summed E-state index contributed by atoms with van der Waals surface area (Å²) in [6.07, 6.45) is -1.53. The van der Waals surface area contributed by atoms with Crippen molar-refractivity contribution in [2.24, 2.45) is 0 Å². The van der Waals surface area contributed by atoms with Crippen molar-refractivity contribution in [1.82, 2.24) is 10.6 Å². The fourth-order valence-corrected chi connectivity index (χ4v) is 2.26. The molecule has 0 bridgehead atoms. The number of carboxylic acid groups (broad SMARTS) is 1. The minimum Gasteiger partial charge on any atom is -0.480 e. The number of hydrogen-bond donors (Lipinski definition) is 3. The van der Waals surface area contributed by atoms with Crippen molar-refractivity contribution in [3.05, 3.63) is 71.8 Å². The molecule has 2 aromatic rings. The van der Waals surface area contributed by atoms with Gasteiger partial charge in [0.15, 0.2) is 0 Å². The predicted molar refractivity (Wildman–Crippen MR) is 100 cm³/mol. The van der Waals surface area contributed by atoms with Gasteiger partial charge in [-0.25, -0.2) is 14.4 Å². The summed E-state index contributed by atoms with van der Waals surface area (Å²) >= 11 is 0. The molecule has 0 aliphatic rings. The van der Waals surface area contributed by atoms with Crippen molar-refractivity contribution in [2.45, 2.75) is 25.7 Å². The zero-order valence-corrected chi connectivity index (χ0v) is 15.2. The molecule has 0 aromatic heterocycles. The summed E-state index contributed by atoms with van der Waals surface area (Å²) in [6.45, 7) is 0.158. The number of carbonyl (C=O) groups excluding carboxylic acids is 2. The quantitative estimate of drug-likeness (QED) is 0.611. The zero-order chi connectivity index (χ0) is 20.2. The normalized spacial score (nSPS) is 11.1. The van der Waals surface area contributed by atoms with Crippen LogP contribution in [0.25, 0.3) is 0 Å². The lowest BCUT2D eigenvalue weighted by molar-refractivity contribution is -0.139. The number of aliphatic carboxylic acids is 1. The number of amides is 2. The smallest absolute Gasteiger partial charge is 0.408 e. The Hall–Kier alpha value is -3.55. The highest BCUT2D eigenvalue weighted by Gasteiger charge is 2.20. The Bertz CT molecular complexity index is 767. The fraction of sp³-hybridized carbons (Fsp3) is 0.250. The summed E-state index contributed by atoms with van der Waals surface area (Å²) < 4.78 is 10.0. The number of hydrogen-bond acceptors (Lipinski definition) is 5. The third-order valence-electron chi connectivity index (χ3n) is 3.72. The molecule has 2 aromatic carbocycles. The molecule has 0 saturated carbocycles. The molecule has 148 valence electrons. The minimum absolute atomic E-state index is 0.0174. The molecule has 2 rings (SSSR count). The molecule has 0 aliphatic heterocycles. The van der Waals surface area contributed by atoms with Gasteiger partial charge in [-0.1, -0.05) is 60.7 Å². The monoisotopic (exact) mass is 386 g/mol. The fourth-order valence-electron chi connectivity index (χ4n) is 2.26. The molecule has 0 radical (unpaired) electrons. The highest BCUT2D eigenvalue weighted by molar-refractivity contribution is 5.80. The number of rotatable bonds is 9. The molecule has 0 heterocycles. The van der Waals surface area contributed by atoms with Crippen molar-refractivity contribution in [3.8, 4) is 0 Å². The number of nitrogens with one attached hydrogen (secondary N) is 2. The van der Waals surface area contributed by atoms with Crippen LogP contribution in [0.4, 0.5) is 9.59 Å². The van der Waals surface area contributed by atoms with E-state index < -0.39 is 24.2 Å². The average Bonchev–Trinajstić information content (AvgIpc) is 2.71. The molecule has 0 unspecified atom stereocenters. The van der Waals surface area contributed by atoms with E-state index in [0.29, 0.717) is 0 Å². The van der Waals surface area contributed by atoms with E-state index in [4.69, 9.17) is 9.47 Å². The third kappa shape index (κ3) is 7.77. The Morgan fingerprint density at radius 1 is 0.821 bits per heavy atom. The van der Waals surface area contributed by atoms with Gasteiger partial charge >= 0.3 is 18.2 Å². The largest absolute Gasteiger partial charge is 0.480 e. The lowest BCUT2D eigenvalue weighted by atomic mass is 10.2. The van der Waals surface area contributed by atoms with Gasteiger partial charge in [-0.15, -0.1) is 0 Å². The number of carbonyl (C=O) groups is 3. The van der Waals surface area contributed by atoms with Crippen molar-refractivity contribution in [3.63, 3.8) is 0 Å². The molecule has 3 N–H and O–H groups in total. The Balaban J connectivity index is 1.68. The van der Waals surface area contributed by atoms with Crippen LogP contribution in [0.15, 0.2) is 60.7 Å². The molecule has 0 aliphatic carbocycles. The highest BCUT2D eigenvalue weighted by atomic mass is 16.6. The van der Waals surface area contributed by atoms with Gasteiger partial charge in [0.05, 0.1) is 0 Å². The van der Waals surface area contributed by atoms with Gasteiger partial charge in [-0.2, -0.15) is 0 Å². The molecule has 0 saturated heterocycles. The molecule has 8 nitrogen and oxygen atoms in total. The SMILES string of the molecule is O=C(NCC[C@H](NC(=O)OCc1ccccc1)C(=O)O)OCc1ccccc1. The van der Waals surface area contributed by atoms with Gasteiger partial charge in [0, 0.05) is 6.54 Å². The summed E-state index contributed by atoms with van der Waals surface area (Å²) in [7, 11) is 0. The van der Waals surface area contributed by atoms with Gasteiger partial charge < -0.3 is 25.2 Å². The van der Waals surface area contributed by atoms with E-state index in [1.165, 1.54) is 0 Å². The summed E-state index contributed by atoms with van der Waals surface area (Å²) in [6, 6.07) is 17.0. The molecule has 0 fully saturated rings. The van der Waals surface area contributed by atoms with Gasteiger partial charge in [-0.05, 0) is 17.5 Å². The number of ether oxygens (including phenoxy) is 2. The number of benzene rings is 2. The molecule has 1 atom stereocenters. The molecular formula is C20H22N2O6. The van der Waals surface area contributed by atoms with Gasteiger partial charge in [0.2, 0.25) is 0 Å². The van der Waals surface area contributed by atoms with Crippen LogP contribution < -0.4 is 10.6 Å². The maximum Gasteiger partial charge on any atom is 0.408 e. The van der Waals surface area contributed by atoms with E-state index >= 15 is 0 Å². The van der Waals surface area contributed by atoms with Crippen LogP contribution in [-0.2, 0) is 27.5 Å². The van der Waals surface area contributed by atoms with Crippen LogP contribution in [0.1, 0.15) is 17.5 Å². The lowest BCUT2D eigenvalue weighted by Crippen LogP contribution is -2.43. The summed E-state index contributed by atoms with van der Waals surface area (Å²) in [4.78, 5) is 34.7. The maximum absolute atomic E-state index is 11.8. The van der Waals surface area contributed by atoms with Crippen molar-refractivity contribution < 1.29 is 29.0 Å². The van der Waals surface area contributed by atoms with Gasteiger partial charge in [0.1, 0.15) is 19.3 Å². The predicted octanol–water partition coefficient (Wildman–Crippen LogP) is 2.68. The van der Waals surface area contributed by atoms with E-state index in [-0.39, 0.29) is 26.2 Å². The van der Waals surface area contributed by atoms with E-state index in [9.17, 15) is 19.5 Å². The summed E-state index contributed by atoms with van der Waals surface area (Å²) in [5.74, 6) is -1.23. The second kappa shape index (κ2) is 11.2.